The molecular weight excluding hydrogens is 563 g/mol. The summed E-state index contributed by atoms with van der Waals surface area (Å²) in [6.45, 7) is -0.196. The molecule has 4 rings (SSSR count). The maximum atomic E-state index is 13.9. The standard InChI is InChI=1S/C32H36Cl2N2O5/c1-39-26-17-27(40-2)19-28(18-26)41-21-31(37)36(20-23-13-14-24(33)16-29(23)34)30(15-22-9-5-3-6-10-22)32(38)35-25-11-7-4-8-12-25/h3,5-6,9-10,13-14,16-19,25,30H,4,7-8,11-12,15,20-21H2,1-2H3,(H,35,38). The SMILES string of the molecule is COc1cc(OC)cc(OCC(=O)N(Cc2ccc(Cl)cc2Cl)C(Cc2ccccc2)C(=O)NC2CCCCC2)c1. The molecule has 3 aromatic carbocycles. The number of hydrogen-bond acceptors (Lipinski definition) is 5. The van der Waals surface area contributed by atoms with Crippen molar-refractivity contribution in [2.24, 2.45) is 0 Å². The van der Waals surface area contributed by atoms with Crippen molar-refractivity contribution in [2.45, 2.75) is 57.2 Å². The summed E-state index contributed by atoms with van der Waals surface area (Å²) in [6.07, 6.45) is 5.53. The van der Waals surface area contributed by atoms with Crippen LogP contribution in [0.3, 0.4) is 0 Å². The third-order valence-electron chi connectivity index (χ3n) is 7.27. The fraction of sp³-hybridized carbons (Fsp3) is 0.375. The van der Waals surface area contributed by atoms with Gasteiger partial charge >= 0.3 is 0 Å². The van der Waals surface area contributed by atoms with E-state index < -0.39 is 6.04 Å². The number of hydrogen-bond donors (Lipinski definition) is 1. The van der Waals surface area contributed by atoms with Crippen LogP contribution in [0, 0.1) is 0 Å². The summed E-state index contributed by atoms with van der Waals surface area (Å²) in [7, 11) is 3.08. The van der Waals surface area contributed by atoms with Gasteiger partial charge in [-0.15, -0.1) is 0 Å². The van der Waals surface area contributed by atoms with Crippen molar-refractivity contribution in [1.29, 1.82) is 0 Å². The Labute approximate surface area is 251 Å². The zero-order valence-electron chi connectivity index (χ0n) is 23.4. The van der Waals surface area contributed by atoms with Crippen LogP contribution in [-0.4, -0.2) is 49.6 Å². The Hall–Kier alpha value is -3.42. The fourth-order valence-electron chi connectivity index (χ4n) is 5.02. The third kappa shape index (κ3) is 8.78. The van der Waals surface area contributed by atoms with Crippen molar-refractivity contribution in [3.05, 3.63) is 87.9 Å². The average Bonchev–Trinajstić information content (AvgIpc) is 2.99. The van der Waals surface area contributed by atoms with Gasteiger partial charge in [0, 0.05) is 47.3 Å². The minimum Gasteiger partial charge on any atom is -0.496 e. The molecule has 0 spiro atoms. The maximum Gasteiger partial charge on any atom is 0.261 e. The van der Waals surface area contributed by atoms with Crippen LogP contribution < -0.4 is 19.5 Å². The van der Waals surface area contributed by atoms with Crippen LogP contribution in [0.25, 0.3) is 0 Å². The van der Waals surface area contributed by atoms with Crippen LogP contribution in [0.5, 0.6) is 17.2 Å². The highest BCUT2D eigenvalue weighted by molar-refractivity contribution is 6.35. The van der Waals surface area contributed by atoms with Gasteiger partial charge in [0.1, 0.15) is 23.3 Å². The second-order valence-corrected chi connectivity index (χ2v) is 11.0. The Morgan fingerprint density at radius 3 is 2.20 bits per heavy atom. The molecule has 7 nitrogen and oxygen atoms in total. The minimum atomic E-state index is -0.790. The number of nitrogens with zero attached hydrogens (tertiary/aromatic N) is 1. The van der Waals surface area contributed by atoms with Gasteiger partial charge in [0.2, 0.25) is 5.91 Å². The lowest BCUT2D eigenvalue weighted by Gasteiger charge is -2.33. The Bertz CT molecular complexity index is 1290. The molecule has 1 fully saturated rings. The summed E-state index contributed by atoms with van der Waals surface area (Å²) in [5, 5.41) is 4.13. The molecule has 0 radical (unpaired) electrons. The molecule has 0 aliphatic heterocycles. The number of methoxy groups -OCH3 is 2. The van der Waals surface area contributed by atoms with E-state index in [0.29, 0.717) is 39.3 Å². The summed E-state index contributed by atoms with van der Waals surface area (Å²) < 4.78 is 16.6. The first-order valence-electron chi connectivity index (χ1n) is 13.8. The largest absolute Gasteiger partial charge is 0.496 e. The fourth-order valence-corrected chi connectivity index (χ4v) is 5.49. The van der Waals surface area contributed by atoms with E-state index in [2.05, 4.69) is 5.32 Å². The number of benzene rings is 3. The van der Waals surface area contributed by atoms with Gasteiger partial charge in [0.25, 0.3) is 5.91 Å². The van der Waals surface area contributed by atoms with Gasteiger partial charge < -0.3 is 24.4 Å². The molecular formula is C32H36Cl2N2O5. The molecule has 0 heterocycles. The zero-order valence-corrected chi connectivity index (χ0v) is 24.9. The number of rotatable bonds is 12. The third-order valence-corrected chi connectivity index (χ3v) is 7.85. The number of carbonyl (C=O) groups excluding carboxylic acids is 2. The molecule has 0 saturated heterocycles. The minimum absolute atomic E-state index is 0.0890. The highest BCUT2D eigenvalue weighted by atomic mass is 35.5. The Kier molecular flexibility index (Phi) is 11.2. The predicted octanol–water partition coefficient (Wildman–Crippen LogP) is 6.48. The van der Waals surface area contributed by atoms with Crippen LogP contribution in [-0.2, 0) is 22.6 Å². The summed E-state index contributed by atoms with van der Waals surface area (Å²) in [6, 6.07) is 19.2. The monoisotopic (exact) mass is 598 g/mol. The summed E-state index contributed by atoms with van der Waals surface area (Å²) in [5.74, 6) is 0.917. The van der Waals surface area contributed by atoms with Crippen molar-refractivity contribution in [1.82, 2.24) is 10.2 Å². The van der Waals surface area contributed by atoms with Gasteiger partial charge in [-0.05, 0) is 36.1 Å². The smallest absolute Gasteiger partial charge is 0.261 e. The predicted molar refractivity (Wildman–Crippen MR) is 161 cm³/mol. The second-order valence-electron chi connectivity index (χ2n) is 10.1. The van der Waals surface area contributed by atoms with E-state index in [4.69, 9.17) is 37.4 Å². The van der Waals surface area contributed by atoms with Crippen molar-refractivity contribution in [2.75, 3.05) is 20.8 Å². The summed E-state index contributed by atoms with van der Waals surface area (Å²) in [5.41, 5.74) is 1.62. The Morgan fingerprint density at radius 2 is 1.56 bits per heavy atom. The van der Waals surface area contributed by atoms with Crippen LogP contribution in [0.2, 0.25) is 10.0 Å². The molecule has 0 bridgehead atoms. The maximum absolute atomic E-state index is 13.9. The van der Waals surface area contributed by atoms with Gasteiger partial charge in [0.05, 0.1) is 14.2 Å². The van der Waals surface area contributed by atoms with Gasteiger partial charge in [-0.3, -0.25) is 9.59 Å². The molecule has 2 amide bonds. The number of halogens is 2. The summed E-state index contributed by atoms with van der Waals surface area (Å²) >= 11 is 12.7. The van der Waals surface area contributed by atoms with E-state index in [9.17, 15) is 9.59 Å². The molecule has 1 saturated carbocycles. The molecule has 41 heavy (non-hydrogen) atoms. The van der Waals surface area contributed by atoms with Crippen molar-refractivity contribution < 1.29 is 23.8 Å². The zero-order chi connectivity index (χ0) is 29.2. The highest BCUT2D eigenvalue weighted by Gasteiger charge is 2.32. The first-order chi connectivity index (χ1) is 19.9. The van der Waals surface area contributed by atoms with Gasteiger partial charge in [-0.1, -0.05) is 78.9 Å². The number of ether oxygens (including phenoxy) is 3. The lowest BCUT2D eigenvalue weighted by Crippen LogP contribution is -2.53. The molecule has 9 heteroatoms. The normalized spacial score (nSPS) is 14.1. The average molecular weight is 600 g/mol. The molecule has 1 atom stereocenters. The van der Waals surface area contributed by atoms with Gasteiger partial charge in [0.15, 0.2) is 6.61 Å². The lowest BCUT2D eigenvalue weighted by molar-refractivity contribution is -0.143. The van der Waals surface area contributed by atoms with E-state index in [1.807, 2.05) is 30.3 Å². The molecule has 1 aliphatic carbocycles. The molecule has 0 aromatic heterocycles. The molecule has 1 unspecified atom stereocenters. The highest BCUT2D eigenvalue weighted by Crippen LogP contribution is 2.28. The number of amides is 2. The van der Waals surface area contributed by atoms with E-state index in [-0.39, 0.29) is 31.0 Å². The first kappa shape index (κ1) is 30.5. The van der Waals surface area contributed by atoms with Crippen molar-refractivity contribution >= 4 is 35.0 Å². The Balaban J connectivity index is 1.64. The van der Waals surface area contributed by atoms with E-state index >= 15 is 0 Å². The van der Waals surface area contributed by atoms with Gasteiger partial charge in [-0.25, -0.2) is 0 Å². The van der Waals surface area contributed by atoms with Crippen molar-refractivity contribution in [3.63, 3.8) is 0 Å². The quantitative estimate of drug-likeness (QED) is 0.258. The number of carbonyl (C=O) groups is 2. The van der Waals surface area contributed by atoms with Crippen molar-refractivity contribution in [3.8, 4) is 17.2 Å². The van der Waals surface area contributed by atoms with Crippen LogP contribution >= 0.6 is 23.2 Å². The second kappa shape index (κ2) is 15.0. The van der Waals surface area contributed by atoms with E-state index in [1.54, 1.807) is 55.5 Å². The molecule has 218 valence electrons. The lowest BCUT2D eigenvalue weighted by atomic mass is 9.94. The first-order valence-corrected chi connectivity index (χ1v) is 14.6. The van der Waals surface area contributed by atoms with E-state index in [0.717, 1.165) is 31.2 Å². The number of nitrogens with one attached hydrogen (secondary N) is 1. The molecule has 1 aliphatic rings. The Morgan fingerprint density at radius 1 is 0.902 bits per heavy atom. The topological polar surface area (TPSA) is 77.1 Å². The van der Waals surface area contributed by atoms with Gasteiger partial charge in [-0.2, -0.15) is 0 Å². The summed E-state index contributed by atoms with van der Waals surface area (Å²) in [4.78, 5) is 29.4. The van der Waals surface area contributed by atoms with Crippen LogP contribution in [0.15, 0.2) is 66.7 Å². The molecule has 1 N–H and O–H groups in total. The van der Waals surface area contributed by atoms with Crippen LogP contribution in [0.4, 0.5) is 0 Å². The van der Waals surface area contributed by atoms with Crippen LogP contribution in [0.1, 0.15) is 43.2 Å². The molecule has 3 aromatic rings. The van der Waals surface area contributed by atoms with E-state index in [1.165, 1.54) is 6.42 Å².